The van der Waals surface area contributed by atoms with E-state index in [1.165, 1.54) is 19.4 Å². The molecule has 1 amide bonds. The number of carbonyl (C=O) groups is 1. The van der Waals surface area contributed by atoms with Gasteiger partial charge in [0.1, 0.15) is 0 Å². The average molecular weight is 255 g/mol. The summed E-state index contributed by atoms with van der Waals surface area (Å²) in [5, 5.41) is 0. The highest BCUT2D eigenvalue weighted by Crippen LogP contribution is 2.23. The van der Waals surface area contributed by atoms with Gasteiger partial charge in [0.25, 0.3) is 0 Å². The zero-order valence-electron chi connectivity index (χ0n) is 12.1. The molecule has 0 aliphatic carbocycles. The summed E-state index contributed by atoms with van der Waals surface area (Å²) in [6.45, 7) is 8.70. The van der Waals surface area contributed by atoms with Crippen molar-refractivity contribution >= 4 is 5.91 Å². The first-order valence-corrected chi connectivity index (χ1v) is 7.17. The van der Waals surface area contributed by atoms with Gasteiger partial charge in [-0.1, -0.05) is 6.92 Å². The molecule has 1 aliphatic heterocycles. The second kappa shape index (κ2) is 6.53. The predicted octanol–water partition coefficient (Wildman–Crippen LogP) is 1.48. The van der Waals surface area contributed by atoms with Crippen LogP contribution in [0.2, 0.25) is 0 Å². The van der Waals surface area contributed by atoms with Gasteiger partial charge in [-0.25, -0.2) is 0 Å². The zero-order chi connectivity index (χ0) is 13.8. The van der Waals surface area contributed by atoms with E-state index in [1.807, 2.05) is 0 Å². The number of nitrogens with zero attached hydrogens (tertiary/aromatic N) is 1. The Morgan fingerprint density at radius 3 is 2.67 bits per heavy atom. The zero-order valence-corrected chi connectivity index (χ0v) is 12.1. The molecule has 1 heterocycles. The fraction of sp³-hybridized carbons (Fsp3) is 0.929. The van der Waals surface area contributed by atoms with E-state index in [-0.39, 0.29) is 0 Å². The van der Waals surface area contributed by atoms with Gasteiger partial charge >= 0.3 is 0 Å². The molecule has 4 heteroatoms. The molecule has 0 bridgehead atoms. The van der Waals surface area contributed by atoms with Crippen LogP contribution in [0.25, 0.3) is 0 Å². The van der Waals surface area contributed by atoms with E-state index >= 15 is 0 Å². The molecule has 0 aromatic rings. The van der Waals surface area contributed by atoms with Crippen LogP contribution in [0.1, 0.15) is 52.9 Å². The van der Waals surface area contributed by atoms with Crippen LogP contribution in [0.15, 0.2) is 0 Å². The molecule has 3 atom stereocenters. The molecule has 1 saturated heterocycles. The third-order valence-corrected chi connectivity index (χ3v) is 4.46. The van der Waals surface area contributed by atoms with Gasteiger partial charge in [-0.15, -0.1) is 0 Å². The van der Waals surface area contributed by atoms with E-state index in [2.05, 4.69) is 18.7 Å². The summed E-state index contributed by atoms with van der Waals surface area (Å²) in [5.41, 5.74) is 10.3. The topological polar surface area (TPSA) is 72.3 Å². The van der Waals surface area contributed by atoms with Gasteiger partial charge in [0.15, 0.2) is 0 Å². The third-order valence-electron chi connectivity index (χ3n) is 4.46. The molecule has 1 fully saturated rings. The van der Waals surface area contributed by atoms with E-state index in [4.69, 9.17) is 11.5 Å². The number of nitrogens with two attached hydrogens (primary N) is 2. The Kier molecular flexibility index (Phi) is 5.60. The highest BCUT2D eigenvalue weighted by atomic mass is 16.1. The number of rotatable bonds is 6. The van der Waals surface area contributed by atoms with Gasteiger partial charge in [-0.3, -0.25) is 4.79 Å². The number of hydrogen-bond acceptors (Lipinski definition) is 3. The molecule has 0 saturated carbocycles. The molecular formula is C14H29N3O. The maximum Gasteiger partial charge on any atom is 0.237 e. The largest absolute Gasteiger partial charge is 0.368 e. The van der Waals surface area contributed by atoms with Crippen molar-refractivity contribution in [2.75, 3.05) is 13.1 Å². The minimum absolute atomic E-state index is 0.400. The summed E-state index contributed by atoms with van der Waals surface area (Å²) in [4.78, 5) is 13.7. The lowest BCUT2D eigenvalue weighted by Crippen LogP contribution is -2.49. The van der Waals surface area contributed by atoms with Crippen molar-refractivity contribution in [3.05, 3.63) is 0 Å². The maximum atomic E-state index is 11.1. The molecule has 0 aromatic carbocycles. The number of amides is 1. The molecule has 18 heavy (non-hydrogen) atoms. The van der Waals surface area contributed by atoms with Crippen molar-refractivity contribution in [3.63, 3.8) is 0 Å². The number of hydrogen-bond donors (Lipinski definition) is 2. The fourth-order valence-electron chi connectivity index (χ4n) is 2.67. The van der Waals surface area contributed by atoms with Crippen molar-refractivity contribution in [1.29, 1.82) is 0 Å². The molecular weight excluding hydrogens is 226 g/mol. The van der Waals surface area contributed by atoms with Crippen LogP contribution in [0, 0.1) is 5.92 Å². The first-order chi connectivity index (χ1) is 8.34. The van der Waals surface area contributed by atoms with E-state index < -0.39 is 11.4 Å². The number of piperidine rings is 1. The van der Waals surface area contributed by atoms with E-state index in [0.717, 1.165) is 25.3 Å². The summed E-state index contributed by atoms with van der Waals surface area (Å²) in [7, 11) is 0. The van der Waals surface area contributed by atoms with E-state index in [1.54, 1.807) is 6.92 Å². The molecule has 4 nitrogen and oxygen atoms in total. The Morgan fingerprint density at radius 1 is 1.39 bits per heavy atom. The number of carbonyl (C=O) groups excluding carboxylic acids is 1. The van der Waals surface area contributed by atoms with Crippen molar-refractivity contribution in [2.45, 2.75) is 64.5 Å². The summed E-state index contributed by atoms with van der Waals surface area (Å²) in [6, 6.07) is 0.680. The molecule has 3 unspecified atom stereocenters. The van der Waals surface area contributed by atoms with Crippen LogP contribution in [-0.2, 0) is 4.79 Å². The van der Waals surface area contributed by atoms with Gasteiger partial charge in [-0.05, 0) is 65.0 Å². The molecule has 0 aromatic heterocycles. The average Bonchev–Trinajstić information content (AvgIpc) is 2.29. The van der Waals surface area contributed by atoms with Crippen LogP contribution >= 0.6 is 0 Å². The molecule has 106 valence electrons. The fourth-order valence-corrected chi connectivity index (χ4v) is 2.67. The third kappa shape index (κ3) is 4.25. The maximum absolute atomic E-state index is 11.1. The minimum Gasteiger partial charge on any atom is -0.368 e. The Labute approximate surface area is 111 Å². The summed E-state index contributed by atoms with van der Waals surface area (Å²) in [5.74, 6) is 0.395. The van der Waals surface area contributed by atoms with Gasteiger partial charge in [0, 0.05) is 6.04 Å². The van der Waals surface area contributed by atoms with Crippen LogP contribution < -0.4 is 11.5 Å². The number of primary amides is 1. The summed E-state index contributed by atoms with van der Waals surface area (Å²) in [6.07, 6.45) is 5.40. The molecule has 0 spiro atoms. The van der Waals surface area contributed by atoms with Crippen molar-refractivity contribution in [2.24, 2.45) is 17.4 Å². The first-order valence-electron chi connectivity index (χ1n) is 7.17. The molecule has 1 aliphatic rings. The normalized spacial score (nSPS) is 28.9. The van der Waals surface area contributed by atoms with Crippen LogP contribution in [0.4, 0.5) is 0 Å². The number of unbranched alkanes of at least 4 members (excludes halogenated alkanes) is 1. The Balaban J connectivity index is 2.23. The van der Waals surface area contributed by atoms with Crippen LogP contribution in [0.3, 0.4) is 0 Å². The lowest BCUT2D eigenvalue weighted by atomic mass is 9.91. The summed E-state index contributed by atoms with van der Waals surface area (Å²) < 4.78 is 0. The van der Waals surface area contributed by atoms with Crippen molar-refractivity contribution in [3.8, 4) is 0 Å². The molecule has 1 rings (SSSR count). The van der Waals surface area contributed by atoms with Crippen molar-refractivity contribution < 1.29 is 4.79 Å². The van der Waals surface area contributed by atoms with Crippen LogP contribution in [0.5, 0.6) is 0 Å². The lowest BCUT2D eigenvalue weighted by Gasteiger charge is -2.38. The number of likely N-dealkylation sites (tertiary alicyclic amines) is 1. The second-order valence-electron chi connectivity index (χ2n) is 6.13. The Bertz CT molecular complexity index is 278. The Hall–Kier alpha value is -0.610. The highest BCUT2D eigenvalue weighted by molar-refractivity contribution is 5.83. The SMILES string of the molecule is CC1CCCN(CCCCC(C)(N)C(N)=O)C1C. The first kappa shape index (κ1) is 15.4. The smallest absolute Gasteiger partial charge is 0.237 e. The molecule has 4 N–H and O–H groups in total. The minimum atomic E-state index is -0.846. The van der Waals surface area contributed by atoms with Gasteiger partial charge < -0.3 is 16.4 Å². The van der Waals surface area contributed by atoms with E-state index in [0.29, 0.717) is 12.5 Å². The highest BCUT2D eigenvalue weighted by Gasteiger charge is 2.26. The monoisotopic (exact) mass is 255 g/mol. The molecule has 0 radical (unpaired) electrons. The van der Waals surface area contributed by atoms with Crippen LogP contribution in [-0.4, -0.2) is 35.5 Å². The summed E-state index contributed by atoms with van der Waals surface area (Å²) >= 11 is 0. The standard InChI is InChI=1S/C14H29N3O/c1-11-7-6-10-17(12(11)2)9-5-4-8-14(3,16)13(15)18/h11-12H,4-10,16H2,1-3H3,(H2,15,18). The Morgan fingerprint density at radius 2 is 2.06 bits per heavy atom. The van der Waals surface area contributed by atoms with Crippen molar-refractivity contribution in [1.82, 2.24) is 4.90 Å². The second-order valence-corrected chi connectivity index (χ2v) is 6.13. The van der Waals surface area contributed by atoms with Gasteiger partial charge in [-0.2, -0.15) is 0 Å². The predicted molar refractivity (Wildman–Crippen MR) is 75.1 cm³/mol. The quantitative estimate of drug-likeness (QED) is 0.706. The van der Waals surface area contributed by atoms with E-state index in [9.17, 15) is 4.79 Å². The van der Waals surface area contributed by atoms with Gasteiger partial charge in [0.05, 0.1) is 5.54 Å². The van der Waals surface area contributed by atoms with Gasteiger partial charge in [0.2, 0.25) is 5.91 Å². The lowest BCUT2D eigenvalue weighted by molar-refractivity contribution is -0.122.